The van der Waals surface area contributed by atoms with Crippen LogP contribution in [0, 0.1) is 0 Å². The zero-order valence-corrected chi connectivity index (χ0v) is 9.59. The standard InChI is InChI=1S/C10H13BrO2/c1-7(2)13-9-6-4-5-8(12-3)10(9)11/h4-7H,1-3H3. The fourth-order valence-electron chi connectivity index (χ4n) is 0.993. The minimum atomic E-state index is 0.170. The molecule has 0 unspecified atom stereocenters. The Hall–Kier alpha value is -0.700. The van der Waals surface area contributed by atoms with Gasteiger partial charge in [0.2, 0.25) is 0 Å². The molecule has 0 spiro atoms. The Morgan fingerprint density at radius 1 is 1.23 bits per heavy atom. The van der Waals surface area contributed by atoms with Gasteiger partial charge in [0.1, 0.15) is 16.0 Å². The summed E-state index contributed by atoms with van der Waals surface area (Å²) in [5.74, 6) is 1.60. The highest BCUT2D eigenvalue weighted by molar-refractivity contribution is 9.10. The molecule has 0 aliphatic rings. The molecule has 13 heavy (non-hydrogen) atoms. The Bertz CT molecular complexity index is 284. The third-order valence-corrected chi connectivity index (χ3v) is 2.29. The highest BCUT2D eigenvalue weighted by Crippen LogP contribution is 2.34. The number of benzene rings is 1. The van der Waals surface area contributed by atoms with E-state index in [2.05, 4.69) is 15.9 Å². The largest absolute Gasteiger partial charge is 0.495 e. The van der Waals surface area contributed by atoms with Gasteiger partial charge in [0.25, 0.3) is 0 Å². The molecule has 0 saturated heterocycles. The SMILES string of the molecule is COc1cccc(OC(C)C)c1Br. The van der Waals surface area contributed by atoms with Crippen molar-refractivity contribution < 1.29 is 9.47 Å². The molecular formula is C10H13BrO2. The van der Waals surface area contributed by atoms with Gasteiger partial charge in [0.05, 0.1) is 13.2 Å². The van der Waals surface area contributed by atoms with Gasteiger partial charge in [-0.3, -0.25) is 0 Å². The summed E-state index contributed by atoms with van der Waals surface area (Å²) in [5.41, 5.74) is 0. The zero-order chi connectivity index (χ0) is 9.84. The van der Waals surface area contributed by atoms with E-state index >= 15 is 0 Å². The molecule has 0 aliphatic heterocycles. The first-order valence-corrected chi connectivity index (χ1v) is 4.93. The first-order valence-electron chi connectivity index (χ1n) is 4.14. The second-order valence-corrected chi connectivity index (χ2v) is 3.73. The molecule has 0 saturated carbocycles. The molecule has 0 N–H and O–H groups in total. The number of hydrogen-bond donors (Lipinski definition) is 0. The Morgan fingerprint density at radius 2 is 1.85 bits per heavy atom. The number of halogens is 1. The van der Waals surface area contributed by atoms with Crippen LogP contribution in [0.5, 0.6) is 11.5 Å². The molecule has 1 aromatic carbocycles. The van der Waals surface area contributed by atoms with Crippen molar-refractivity contribution in [3.05, 3.63) is 22.7 Å². The van der Waals surface area contributed by atoms with Gasteiger partial charge in [-0.25, -0.2) is 0 Å². The van der Waals surface area contributed by atoms with E-state index < -0.39 is 0 Å². The van der Waals surface area contributed by atoms with E-state index in [9.17, 15) is 0 Å². The molecule has 0 aliphatic carbocycles. The molecule has 0 bridgehead atoms. The smallest absolute Gasteiger partial charge is 0.137 e. The maximum Gasteiger partial charge on any atom is 0.137 e. The summed E-state index contributed by atoms with van der Waals surface area (Å²) in [6.45, 7) is 3.98. The van der Waals surface area contributed by atoms with E-state index in [1.807, 2.05) is 32.0 Å². The molecular weight excluding hydrogens is 232 g/mol. The van der Waals surface area contributed by atoms with Crippen molar-refractivity contribution in [2.75, 3.05) is 7.11 Å². The van der Waals surface area contributed by atoms with Crippen LogP contribution in [0.3, 0.4) is 0 Å². The number of methoxy groups -OCH3 is 1. The van der Waals surface area contributed by atoms with Gasteiger partial charge in [0, 0.05) is 0 Å². The Labute approximate surface area is 87.0 Å². The minimum absolute atomic E-state index is 0.170. The molecule has 0 amide bonds. The molecule has 0 heterocycles. The van der Waals surface area contributed by atoms with Crippen LogP contribution >= 0.6 is 15.9 Å². The van der Waals surface area contributed by atoms with Gasteiger partial charge >= 0.3 is 0 Å². The first kappa shape index (κ1) is 10.4. The molecule has 0 atom stereocenters. The van der Waals surface area contributed by atoms with Gasteiger partial charge in [0.15, 0.2) is 0 Å². The van der Waals surface area contributed by atoms with Crippen molar-refractivity contribution in [2.45, 2.75) is 20.0 Å². The van der Waals surface area contributed by atoms with Gasteiger partial charge in [-0.05, 0) is 41.9 Å². The normalized spacial score (nSPS) is 10.2. The van der Waals surface area contributed by atoms with Crippen LogP contribution in [-0.2, 0) is 0 Å². The third kappa shape index (κ3) is 2.62. The summed E-state index contributed by atoms with van der Waals surface area (Å²) >= 11 is 3.42. The summed E-state index contributed by atoms with van der Waals surface area (Å²) in [5, 5.41) is 0. The van der Waals surface area contributed by atoms with Crippen molar-refractivity contribution in [2.24, 2.45) is 0 Å². The van der Waals surface area contributed by atoms with Gasteiger partial charge in [-0.1, -0.05) is 6.07 Å². The topological polar surface area (TPSA) is 18.5 Å². The van der Waals surface area contributed by atoms with Crippen LogP contribution in [-0.4, -0.2) is 13.2 Å². The Kier molecular flexibility index (Phi) is 3.60. The van der Waals surface area contributed by atoms with Gasteiger partial charge in [-0.15, -0.1) is 0 Å². The first-order chi connectivity index (χ1) is 6.15. The quantitative estimate of drug-likeness (QED) is 0.813. The lowest BCUT2D eigenvalue weighted by Gasteiger charge is -2.12. The molecule has 3 heteroatoms. The summed E-state index contributed by atoms with van der Waals surface area (Å²) in [6.07, 6.45) is 0.170. The average Bonchev–Trinajstić information content (AvgIpc) is 2.08. The summed E-state index contributed by atoms with van der Waals surface area (Å²) in [4.78, 5) is 0. The average molecular weight is 245 g/mol. The fourth-order valence-corrected chi connectivity index (χ4v) is 1.51. The molecule has 72 valence electrons. The van der Waals surface area contributed by atoms with E-state index in [-0.39, 0.29) is 6.10 Å². The van der Waals surface area contributed by atoms with Crippen LogP contribution in [0.15, 0.2) is 22.7 Å². The predicted molar refractivity (Wildman–Crippen MR) is 56.5 cm³/mol. The van der Waals surface area contributed by atoms with E-state index in [0.29, 0.717) is 0 Å². The second kappa shape index (κ2) is 4.51. The third-order valence-electron chi connectivity index (χ3n) is 1.51. The molecule has 0 aromatic heterocycles. The van der Waals surface area contributed by atoms with Gasteiger partial charge < -0.3 is 9.47 Å². The maximum atomic E-state index is 5.56. The van der Waals surface area contributed by atoms with Gasteiger partial charge in [-0.2, -0.15) is 0 Å². The molecule has 0 radical (unpaired) electrons. The van der Waals surface area contributed by atoms with E-state index in [1.165, 1.54) is 0 Å². The summed E-state index contributed by atoms with van der Waals surface area (Å²) in [6, 6.07) is 5.70. The Balaban J connectivity index is 2.94. The number of rotatable bonds is 3. The molecule has 1 aromatic rings. The van der Waals surface area contributed by atoms with Crippen LogP contribution in [0.1, 0.15) is 13.8 Å². The van der Waals surface area contributed by atoms with E-state index in [0.717, 1.165) is 16.0 Å². The van der Waals surface area contributed by atoms with E-state index in [1.54, 1.807) is 7.11 Å². The van der Waals surface area contributed by atoms with Crippen LogP contribution in [0.25, 0.3) is 0 Å². The molecule has 2 nitrogen and oxygen atoms in total. The highest BCUT2D eigenvalue weighted by Gasteiger charge is 2.07. The lowest BCUT2D eigenvalue weighted by Crippen LogP contribution is -2.06. The van der Waals surface area contributed by atoms with Crippen LogP contribution in [0.4, 0.5) is 0 Å². The summed E-state index contributed by atoms with van der Waals surface area (Å²) in [7, 11) is 1.64. The maximum absolute atomic E-state index is 5.56. The second-order valence-electron chi connectivity index (χ2n) is 2.94. The monoisotopic (exact) mass is 244 g/mol. The number of hydrogen-bond acceptors (Lipinski definition) is 2. The lowest BCUT2D eigenvalue weighted by atomic mass is 10.3. The van der Waals surface area contributed by atoms with Crippen molar-refractivity contribution in [1.29, 1.82) is 0 Å². The lowest BCUT2D eigenvalue weighted by molar-refractivity contribution is 0.239. The molecule has 0 fully saturated rings. The molecule has 1 rings (SSSR count). The van der Waals surface area contributed by atoms with E-state index in [4.69, 9.17) is 9.47 Å². The van der Waals surface area contributed by atoms with Crippen molar-refractivity contribution in [3.63, 3.8) is 0 Å². The Morgan fingerprint density at radius 3 is 2.38 bits per heavy atom. The summed E-state index contributed by atoms with van der Waals surface area (Å²) < 4.78 is 11.6. The van der Waals surface area contributed by atoms with Crippen molar-refractivity contribution in [1.82, 2.24) is 0 Å². The zero-order valence-electron chi connectivity index (χ0n) is 8.00. The van der Waals surface area contributed by atoms with Crippen molar-refractivity contribution >= 4 is 15.9 Å². The minimum Gasteiger partial charge on any atom is -0.495 e. The van der Waals surface area contributed by atoms with Crippen LogP contribution < -0.4 is 9.47 Å². The van der Waals surface area contributed by atoms with Crippen molar-refractivity contribution in [3.8, 4) is 11.5 Å². The fraction of sp³-hybridized carbons (Fsp3) is 0.400. The number of ether oxygens (including phenoxy) is 2. The highest BCUT2D eigenvalue weighted by atomic mass is 79.9. The predicted octanol–water partition coefficient (Wildman–Crippen LogP) is 3.24. The van der Waals surface area contributed by atoms with Crippen LogP contribution in [0.2, 0.25) is 0 Å².